The zero-order valence-electron chi connectivity index (χ0n) is 18.3. The highest BCUT2D eigenvalue weighted by atomic mass is 16.7. The van der Waals surface area contributed by atoms with Crippen molar-refractivity contribution in [3.05, 3.63) is 53.6 Å². The van der Waals surface area contributed by atoms with Gasteiger partial charge in [-0.05, 0) is 29.7 Å². The highest BCUT2D eigenvalue weighted by Gasteiger charge is 2.49. The lowest BCUT2D eigenvalue weighted by molar-refractivity contribution is 0.151. The lowest BCUT2D eigenvalue weighted by atomic mass is 9.89. The first-order chi connectivity index (χ1) is 15.0. The van der Waals surface area contributed by atoms with Crippen LogP contribution in [0, 0.1) is 11.8 Å². The first-order valence-electron chi connectivity index (χ1n) is 10.8. The van der Waals surface area contributed by atoms with Crippen LogP contribution < -0.4 is 14.2 Å². The van der Waals surface area contributed by atoms with Crippen LogP contribution in [0.25, 0.3) is 0 Å². The molecule has 2 saturated heterocycles. The van der Waals surface area contributed by atoms with Crippen LogP contribution in [0.3, 0.4) is 0 Å². The molecule has 2 aromatic rings. The van der Waals surface area contributed by atoms with E-state index in [4.69, 9.17) is 14.2 Å². The molecule has 2 aromatic carbocycles. The molecule has 2 amide bonds. The van der Waals surface area contributed by atoms with Gasteiger partial charge in [0.1, 0.15) is 5.75 Å². The average Bonchev–Trinajstić information content (AvgIpc) is 3.48. The van der Waals surface area contributed by atoms with Crippen LogP contribution in [0.15, 0.2) is 42.5 Å². The molecule has 0 spiro atoms. The van der Waals surface area contributed by atoms with Gasteiger partial charge in [-0.3, -0.25) is 4.90 Å². The van der Waals surface area contributed by atoms with Crippen LogP contribution in [0.4, 0.5) is 4.79 Å². The third-order valence-corrected chi connectivity index (χ3v) is 6.70. The molecule has 3 aliphatic heterocycles. The Balaban J connectivity index is 1.38. The fourth-order valence-electron chi connectivity index (χ4n) is 5.30. The summed E-state index contributed by atoms with van der Waals surface area (Å²) in [7, 11) is 5.32. The van der Waals surface area contributed by atoms with Crippen molar-refractivity contribution in [3.8, 4) is 17.2 Å². The number of para-hydroxylation sites is 1. The molecule has 0 aliphatic carbocycles. The van der Waals surface area contributed by atoms with E-state index in [2.05, 4.69) is 23.1 Å². The summed E-state index contributed by atoms with van der Waals surface area (Å²) in [6.45, 7) is 3.82. The molecule has 0 unspecified atom stereocenters. The van der Waals surface area contributed by atoms with Crippen LogP contribution >= 0.6 is 0 Å². The van der Waals surface area contributed by atoms with E-state index in [0.717, 1.165) is 49.0 Å². The maximum atomic E-state index is 13.0. The van der Waals surface area contributed by atoms with Gasteiger partial charge >= 0.3 is 6.03 Å². The van der Waals surface area contributed by atoms with E-state index in [-0.39, 0.29) is 12.1 Å². The van der Waals surface area contributed by atoms with Crippen molar-refractivity contribution in [1.29, 1.82) is 0 Å². The summed E-state index contributed by atoms with van der Waals surface area (Å²) >= 11 is 0. The van der Waals surface area contributed by atoms with Crippen LogP contribution in [-0.4, -0.2) is 68.4 Å². The molecule has 0 aromatic heterocycles. The number of urea groups is 1. The minimum absolute atomic E-state index is 0.0666. The fraction of sp³-hybridized carbons (Fsp3) is 0.458. The van der Waals surface area contributed by atoms with Gasteiger partial charge in [-0.1, -0.05) is 24.3 Å². The van der Waals surface area contributed by atoms with Crippen molar-refractivity contribution in [2.75, 3.05) is 47.6 Å². The molecule has 0 N–H and O–H groups in total. The fourth-order valence-corrected chi connectivity index (χ4v) is 5.30. The highest BCUT2D eigenvalue weighted by Crippen LogP contribution is 2.46. The Morgan fingerprint density at radius 1 is 1.10 bits per heavy atom. The van der Waals surface area contributed by atoms with Gasteiger partial charge in [0.15, 0.2) is 11.5 Å². The average molecular weight is 424 g/mol. The molecule has 31 heavy (non-hydrogen) atoms. The second-order valence-corrected chi connectivity index (χ2v) is 8.82. The van der Waals surface area contributed by atoms with Gasteiger partial charge in [-0.15, -0.1) is 0 Å². The lowest BCUT2D eigenvalue weighted by Crippen LogP contribution is -2.41. The van der Waals surface area contributed by atoms with Gasteiger partial charge < -0.3 is 24.0 Å². The number of rotatable bonds is 4. The van der Waals surface area contributed by atoms with Crippen molar-refractivity contribution in [3.63, 3.8) is 0 Å². The van der Waals surface area contributed by atoms with Crippen LogP contribution in [0.1, 0.15) is 17.2 Å². The molecule has 2 fully saturated rings. The van der Waals surface area contributed by atoms with Crippen molar-refractivity contribution >= 4 is 6.03 Å². The number of fused-ring (bicyclic) bond motifs is 2. The van der Waals surface area contributed by atoms with Gasteiger partial charge in [0.25, 0.3) is 0 Å². The molecule has 3 atom stereocenters. The van der Waals surface area contributed by atoms with E-state index in [1.165, 1.54) is 5.56 Å². The van der Waals surface area contributed by atoms with Gasteiger partial charge in [0.05, 0.1) is 13.2 Å². The number of likely N-dealkylation sites (tertiary alicyclic amines) is 2. The Morgan fingerprint density at radius 2 is 1.90 bits per heavy atom. The molecule has 0 bridgehead atoms. The summed E-state index contributed by atoms with van der Waals surface area (Å²) in [6.07, 6.45) is 0. The topological polar surface area (TPSA) is 54.5 Å². The maximum absolute atomic E-state index is 13.0. The largest absolute Gasteiger partial charge is 0.497 e. The molecule has 0 saturated carbocycles. The number of methoxy groups -OCH3 is 1. The van der Waals surface area contributed by atoms with Crippen LogP contribution in [0.5, 0.6) is 17.2 Å². The number of hydrogen-bond donors (Lipinski definition) is 0. The monoisotopic (exact) mass is 423 g/mol. The molecular formula is C24H29N3O4. The summed E-state index contributed by atoms with van der Waals surface area (Å²) in [6, 6.07) is 14.4. The number of hydrogen-bond acceptors (Lipinski definition) is 5. The molecule has 3 heterocycles. The Labute approximate surface area is 183 Å². The highest BCUT2D eigenvalue weighted by molar-refractivity contribution is 5.75. The SMILES string of the molecule is COc1ccc([C@H]2[C@@H]3CN(Cc4cccc5c4OCO5)C[C@@H]3CN2C(=O)N(C)C)cc1. The van der Waals surface area contributed by atoms with E-state index in [1.54, 1.807) is 12.0 Å². The first-order valence-corrected chi connectivity index (χ1v) is 10.8. The second kappa shape index (κ2) is 7.96. The van der Waals surface area contributed by atoms with E-state index >= 15 is 0 Å². The zero-order valence-corrected chi connectivity index (χ0v) is 18.3. The summed E-state index contributed by atoms with van der Waals surface area (Å²) in [5, 5.41) is 0. The minimum Gasteiger partial charge on any atom is -0.497 e. The first kappa shape index (κ1) is 20.0. The zero-order chi connectivity index (χ0) is 21.5. The number of benzene rings is 2. The third kappa shape index (κ3) is 3.57. The van der Waals surface area contributed by atoms with Crippen molar-refractivity contribution in [2.24, 2.45) is 11.8 Å². The number of amides is 2. The number of nitrogens with zero attached hydrogens (tertiary/aromatic N) is 3. The normalized spacial score (nSPS) is 24.4. The molecular weight excluding hydrogens is 394 g/mol. The van der Waals surface area contributed by atoms with Gasteiger partial charge in [0, 0.05) is 51.8 Å². The molecule has 7 heteroatoms. The van der Waals surface area contributed by atoms with Gasteiger partial charge in [-0.2, -0.15) is 0 Å². The van der Waals surface area contributed by atoms with Crippen molar-refractivity contribution in [2.45, 2.75) is 12.6 Å². The molecule has 7 nitrogen and oxygen atoms in total. The summed E-state index contributed by atoms with van der Waals surface area (Å²) in [4.78, 5) is 19.2. The van der Waals surface area contributed by atoms with Crippen molar-refractivity contribution < 1.29 is 19.0 Å². The minimum atomic E-state index is 0.0666. The lowest BCUT2D eigenvalue weighted by Gasteiger charge is -2.32. The smallest absolute Gasteiger partial charge is 0.320 e. The van der Waals surface area contributed by atoms with Gasteiger partial charge in [-0.25, -0.2) is 4.79 Å². The predicted octanol–water partition coefficient (Wildman–Crippen LogP) is 3.21. The molecule has 5 rings (SSSR count). The Bertz CT molecular complexity index is 962. The summed E-state index contributed by atoms with van der Waals surface area (Å²) < 4.78 is 16.6. The van der Waals surface area contributed by atoms with Crippen molar-refractivity contribution in [1.82, 2.24) is 14.7 Å². The molecule has 3 aliphatic rings. The van der Waals surface area contributed by atoms with Crippen LogP contribution in [0.2, 0.25) is 0 Å². The maximum Gasteiger partial charge on any atom is 0.320 e. The number of carbonyl (C=O) groups excluding carboxylic acids is 1. The molecule has 0 radical (unpaired) electrons. The number of ether oxygens (including phenoxy) is 3. The molecule has 164 valence electrons. The standard InChI is InChI=1S/C24H29N3O4/c1-25(2)24(28)27-13-18-12-26(11-17-5-4-6-21-23(17)31-15-30-21)14-20(18)22(27)16-7-9-19(29-3)10-8-16/h4-10,18,20,22H,11-15H2,1-3H3/t18-,20-,22+/m1/s1. The van der Waals surface area contributed by atoms with E-state index in [1.807, 2.05) is 43.3 Å². The van der Waals surface area contributed by atoms with E-state index in [9.17, 15) is 4.79 Å². The Hall–Kier alpha value is -2.93. The number of carbonyl (C=O) groups is 1. The van der Waals surface area contributed by atoms with E-state index < -0.39 is 0 Å². The van der Waals surface area contributed by atoms with Crippen LogP contribution in [-0.2, 0) is 6.54 Å². The summed E-state index contributed by atoms with van der Waals surface area (Å²) in [5.74, 6) is 3.37. The third-order valence-electron chi connectivity index (χ3n) is 6.70. The summed E-state index contributed by atoms with van der Waals surface area (Å²) in [5.41, 5.74) is 2.33. The Kier molecular flexibility index (Phi) is 5.14. The predicted molar refractivity (Wildman–Crippen MR) is 116 cm³/mol. The quantitative estimate of drug-likeness (QED) is 0.756. The Morgan fingerprint density at radius 3 is 2.65 bits per heavy atom. The second-order valence-electron chi connectivity index (χ2n) is 8.82. The van der Waals surface area contributed by atoms with E-state index in [0.29, 0.717) is 18.6 Å². The van der Waals surface area contributed by atoms with Gasteiger partial charge in [0.2, 0.25) is 6.79 Å².